The predicted molar refractivity (Wildman–Crippen MR) is 64.5 cm³/mol. The van der Waals surface area contributed by atoms with E-state index in [-0.39, 0.29) is 6.10 Å². The summed E-state index contributed by atoms with van der Waals surface area (Å²) in [5.74, 6) is 0.323. The molecule has 3 unspecified atom stereocenters. The van der Waals surface area contributed by atoms with Crippen molar-refractivity contribution >= 4 is 0 Å². The maximum absolute atomic E-state index is 9.96. The van der Waals surface area contributed by atoms with Crippen LogP contribution in [-0.2, 0) is 9.47 Å². The van der Waals surface area contributed by atoms with Gasteiger partial charge in [-0.25, -0.2) is 0 Å². The molecular weight excluding hydrogens is 204 g/mol. The van der Waals surface area contributed by atoms with Gasteiger partial charge in [-0.15, -0.1) is 0 Å². The standard InChI is InChI=1S/C13H26O3/c1-11(8-10-15-2)13(14)7-6-12-5-3-4-9-16-12/h11-14H,3-10H2,1-2H3. The minimum atomic E-state index is -0.208. The summed E-state index contributed by atoms with van der Waals surface area (Å²) in [6.07, 6.45) is 6.61. The molecule has 0 radical (unpaired) electrons. The van der Waals surface area contributed by atoms with Gasteiger partial charge in [0.2, 0.25) is 0 Å². The fraction of sp³-hybridized carbons (Fsp3) is 1.00. The Hall–Kier alpha value is -0.120. The van der Waals surface area contributed by atoms with Crippen molar-refractivity contribution in [3.8, 4) is 0 Å². The predicted octanol–water partition coefficient (Wildman–Crippen LogP) is 2.37. The topological polar surface area (TPSA) is 38.7 Å². The van der Waals surface area contributed by atoms with Crippen LogP contribution in [-0.4, -0.2) is 37.6 Å². The maximum atomic E-state index is 9.96. The highest BCUT2D eigenvalue weighted by Gasteiger charge is 2.18. The van der Waals surface area contributed by atoms with Gasteiger partial charge < -0.3 is 14.6 Å². The molecule has 3 atom stereocenters. The highest BCUT2D eigenvalue weighted by molar-refractivity contribution is 4.70. The van der Waals surface area contributed by atoms with E-state index in [0.29, 0.717) is 12.0 Å². The lowest BCUT2D eigenvalue weighted by atomic mass is 9.94. The Balaban J connectivity index is 2.10. The zero-order chi connectivity index (χ0) is 11.8. The highest BCUT2D eigenvalue weighted by Crippen LogP contribution is 2.20. The summed E-state index contributed by atoms with van der Waals surface area (Å²) in [5, 5.41) is 9.96. The maximum Gasteiger partial charge on any atom is 0.0576 e. The summed E-state index contributed by atoms with van der Waals surface area (Å²) >= 11 is 0. The lowest BCUT2D eigenvalue weighted by molar-refractivity contribution is -0.00380. The third-order valence-corrected chi connectivity index (χ3v) is 3.49. The number of methoxy groups -OCH3 is 1. The smallest absolute Gasteiger partial charge is 0.0576 e. The Bertz CT molecular complexity index is 167. The van der Waals surface area contributed by atoms with Crippen molar-refractivity contribution in [2.75, 3.05) is 20.3 Å². The van der Waals surface area contributed by atoms with Crippen LogP contribution in [0, 0.1) is 5.92 Å². The highest BCUT2D eigenvalue weighted by atomic mass is 16.5. The first-order chi connectivity index (χ1) is 7.74. The van der Waals surface area contributed by atoms with Crippen molar-refractivity contribution in [1.29, 1.82) is 0 Å². The van der Waals surface area contributed by atoms with E-state index < -0.39 is 0 Å². The second kappa shape index (κ2) is 8.04. The second-order valence-corrected chi connectivity index (χ2v) is 4.89. The van der Waals surface area contributed by atoms with Gasteiger partial charge in [0.05, 0.1) is 12.2 Å². The van der Waals surface area contributed by atoms with E-state index in [1.807, 2.05) is 0 Å². The van der Waals surface area contributed by atoms with Crippen LogP contribution >= 0.6 is 0 Å². The van der Waals surface area contributed by atoms with Crippen molar-refractivity contribution in [2.24, 2.45) is 5.92 Å². The summed E-state index contributed by atoms with van der Waals surface area (Å²) in [7, 11) is 1.70. The van der Waals surface area contributed by atoms with Crippen LogP contribution in [0.15, 0.2) is 0 Å². The Morgan fingerprint density at radius 2 is 2.19 bits per heavy atom. The summed E-state index contributed by atoms with van der Waals surface area (Å²) in [6, 6.07) is 0. The van der Waals surface area contributed by atoms with Gasteiger partial charge in [-0.1, -0.05) is 6.92 Å². The van der Waals surface area contributed by atoms with Crippen LogP contribution in [0.5, 0.6) is 0 Å². The Morgan fingerprint density at radius 1 is 1.38 bits per heavy atom. The average molecular weight is 230 g/mol. The first-order valence-electron chi connectivity index (χ1n) is 6.52. The van der Waals surface area contributed by atoms with Crippen LogP contribution in [0.2, 0.25) is 0 Å². The molecule has 0 aromatic carbocycles. The van der Waals surface area contributed by atoms with E-state index in [1.165, 1.54) is 19.3 Å². The Morgan fingerprint density at radius 3 is 2.81 bits per heavy atom. The van der Waals surface area contributed by atoms with Gasteiger partial charge in [0.15, 0.2) is 0 Å². The van der Waals surface area contributed by atoms with E-state index in [4.69, 9.17) is 9.47 Å². The quantitative estimate of drug-likeness (QED) is 0.729. The van der Waals surface area contributed by atoms with Crippen LogP contribution in [0.3, 0.4) is 0 Å². The molecule has 0 spiro atoms. The van der Waals surface area contributed by atoms with Crippen LogP contribution in [0.4, 0.5) is 0 Å². The second-order valence-electron chi connectivity index (χ2n) is 4.89. The monoisotopic (exact) mass is 230 g/mol. The molecule has 3 heteroatoms. The molecular formula is C13H26O3. The Labute approximate surface area is 99.1 Å². The van der Waals surface area contributed by atoms with Gasteiger partial charge in [-0.05, 0) is 44.4 Å². The molecule has 1 aliphatic rings. The fourth-order valence-corrected chi connectivity index (χ4v) is 2.17. The molecule has 3 nitrogen and oxygen atoms in total. The van der Waals surface area contributed by atoms with Crippen molar-refractivity contribution in [1.82, 2.24) is 0 Å². The van der Waals surface area contributed by atoms with Crippen LogP contribution < -0.4 is 0 Å². The van der Waals surface area contributed by atoms with Crippen molar-refractivity contribution in [3.63, 3.8) is 0 Å². The van der Waals surface area contributed by atoms with Gasteiger partial charge in [-0.2, -0.15) is 0 Å². The summed E-state index contributed by atoms with van der Waals surface area (Å²) in [6.45, 7) is 3.73. The number of ether oxygens (including phenoxy) is 2. The Kier molecular flexibility index (Phi) is 7.01. The lowest BCUT2D eigenvalue weighted by Gasteiger charge is -2.25. The largest absolute Gasteiger partial charge is 0.393 e. The van der Waals surface area contributed by atoms with Gasteiger partial charge in [0.25, 0.3) is 0 Å². The minimum absolute atomic E-state index is 0.208. The molecule has 0 aliphatic carbocycles. The molecule has 0 aromatic rings. The molecule has 16 heavy (non-hydrogen) atoms. The van der Waals surface area contributed by atoms with Gasteiger partial charge >= 0.3 is 0 Å². The fourth-order valence-electron chi connectivity index (χ4n) is 2.17. The van der Waals surface area contributed by atoms with Crippen LogP contribution in [0.25, 0.3) is 0 Å². The van der Waals surface area contributed by atoms with Gasteiger partial charge in [-0.3, -0.25) is 0 Å². The normalized spacial score (nSPS) is 25.3. The lowest BCUT2D eigenvalue weighted by Crippen LogP contribution is -2.24. The zero-order valence-corrected chi connectivity index (χ0v) is 10.7. The van der Waals surface area contributed by atoms with Crippen LogP contribution in [0.1, 0.15) is 45.4 Å². The SMILES string of the molecule is COCCC(C)C(O)CCC1CCCCO1. The molecule has 96 valence electrons. The molecule has 1 aliphatic heterocycles. The summed E-state index contributed by atoms with van der Waals surface area (Å²) in [5.41, 5.74) is 0. The van der Waals surface area contributed by atoms with Gasteiger partial charge in [0, 0.05) is 20.3 Å². The van der Waals surface area contributed by atoms with Gasteiger partial charge in [0.1, 0.15) is 0 Å². The molecule has 1 heterocycles. The molecule has 0 aromatic heterocycles. The number of hydrogen-bond donors (Lipinski definition) is 1. The average Bonchev–Trinajstić information content (AvgIpc) is 2.34. The third kappa shape index (κ3) is 5.28. The summed E-state index contributed by atoms with van der Waals surface area (Å²) in [4.78, 5) is 0. The minimum Gasteiger partial charge on any atom is -0.393 e. The zero-order valence-electron chi connectivity index (χ0n) is 10.7. The summed E-state index contributed by atoms with van der Waals surface area (Å²) < 4.78 is 10.7. The number of rotatable bonds is 7. The molecule has 1 saturated heterocycles. The molecule has 0 bridgehead atoms. The molecule has 1 fully saturated rings. The first kappa shape index (κ1) is 13.9. The van der Waals surface area contributed by atoms with E-state index in [0.717, 1.165) is 32.5 Å². The van der Waals surface area contributed by atoms with E-state index in [9.17, 15) is 5.11 Å². The van der Waals surface area contributed by atoms with E-state index >= 15 is 0 Å². The third-order valence-electron chi connectivity index (χ3n) is 3.49. The molecule has 0 amide bonds. The molecule has 1 rings (SSSR count). The first-order valence-corrected chi connectivity index (χ1v) is 6.52. The number of aliphatic hydroxyl groups excluding tert-OH is 1. The molecule has 1 N–H and O–H groups in total. The number of aliphatic hydroxyl groups is 1. The van der Waals surface area contributed by atoms with Crippen molar-refractivity contribution in [3.05, 3.63) is 0 Å². The van der Waals surface area contributed by atoms with E-state index in [2.05, 4.69) is 6.92 Å². The number of hydrogen-bond acceptors (Lipinski definition) is 3. The van der Waals surface area contributed by atoms with Crippen molar-refractivity contribution < 1.29 is 14.6 Å². The molecule has 0 saturated carbocycles. The van der Waals surface area contributed by atoms with E-state index in [1.54, 1.807) is 7.11 Å². The van der Waals surface area contributed by atoms with Crippen molar-refractivity contribution in [2.45, 2.75) is 57.7 Å².